The third-order valence-corrected chi connectivity index (χ3v) is 8.66. The Morgan fingerprint density at radius 3 is 2.20 bits per heavy atom. The summed E-state index contributed by atoms with van der Waals surface area (Å²) in [4.78, 5) is 0. The zero-order valence-corrected chi connectivity index (χ0v) is 17.5. The van der Waals surface area contributed by atoms with Crippen LogP contribution in [0.4, 0.5) is 0 Å². The Hall–Kier alpha value is 0.187. The fraction of sp³-hybridized carbons (Fsp3) is 0.750. The van der Waals surface area contributed by atoms with Gasteiger partial charge in [0.05, 0.1) is 6.61 Å². The molecule has 0 aromatic carbocycles. The van der Waals surface area contributed by atoms with Crippen molar-refractivity contribution < 1.29 is 9.16 Å². The van der Waals surface area contributed by atoms with E-state index in [2.05, 4.69) is 83.0 Å². The Morgan fingerprint density at radius 1 is 1.35 bits per heavy atom. The molecule has 0 heterocycles. The zero-order valence-electron chi connectivity index (χ0n) is 14.3. The number of hydrogen-bond acceptors (Lipinski definition) is 2. The van der Waals surface area contributed by atoms with Crippen molar-refractivity contribution in [2.24, 2.45) is 5.92 Å². The van der Waals surface area contributed by atoms with Crippen molar-refractivity contribution in [1.82, 2.24) is 0 Å². The monoisotopic (exact) mass is 410 g/mol. The van der Waals surface area contributed by atoms with Gasteiger partial charge in [0.25, 0.3) is 0 Å². The Morgan fingerprint density at radius 2 is 1.85 bits per heavy atom. The van der Waals surface area contributed by atoms with Crippen LogP contribution in [0.3, 0.4) is 0 Å². The summed E-state index contributed by atoms with van der Waals surface area (Å²) in [5, 5.41) is 0.181. The SMILES string of the molecule is C=C(OCC)[C@@H](O[Si](C)(C)C(C)(C)C)[C@@H](C)/C=C(/C)I. The van der Waals surface area contributed by atoms with Crippen molar-refractivity contribution in [3.63, 3.8) is 0 Å². The molecule has 0 saturated heterocycles. The highest BCUT2D eigenvalue weighted by Gasteiger charge is 2.40. The molecule has 0 saturated carbocycles. The summed E-state index contributed by atoms with van der Waals surface area (Å²) >= 11 is 2.34. The number of rotatable bonds is 7. The van der Waals surface area contributed by atoms with E-state index in [-0.39, 0.29) is 17.1 Å². The summed E-state index contributed by atoms with van der Waals surface area (Å²) < 4.78 is 13.4. The topological polar surface area (TPSA) is 18.5 Å². The molecule has 0 aliphatic heterocycles. The summed E-state index contributed by atoms with van der Waals surface area (Å²) in [5.74, 6) is 1.01. The van der Waals surface area contributed by atoms with E-state index in [0.717, 1.165) is 5.76 Å². The molecule has 0 spiro atoms. The van der Waals surface area contributed by atoms with Gasteiger partial charge >= 0.3 is 0 Å². The van der Waals surface area contributed by atoms with Gasteiger partial charge in [-0.25, -0.2) is 0 Å². The number of hydrogen-bond donors (Lipinski definition) is 0. The number of halogens is 1. The van der Waals surface area contributed by atoms with Crippen LogP contribution >= 0.6 is 22.6 Å². The molecular formula is C16H31IO2Si. The molecule has 0 aromatic rings. The fourth-order valence-corrected chi connectivity index (χ4v) is 3.58. The Bertz CT molecular complexity index is 352. The van der Waals surface area contributed by atoms with E-state index in [0.29, 0.717) is 6.61 Å². The number of ether oxygens (including phenoxy) is 1. The third-order valence-electron chi connectivity index (χ3n) is 3.84. The van der Waals surface area contributed by atoms with Crippen molar-refractivity contribution in [3.8, 4) is 0 Å². The molecular weight excluding hydrogens is 379 g/mol. The molecule has 4 heteroatoms. The first-order valence-electron chi connectivity index (χ1n) is 7.25. The van der Waals surface area contributed by atoms with Gasteiger partial charge < -0.3 is 9.16 Å². The predicted molar refractivity (Wildman–Crippen MR) is 99.8 cm³/mol. The lowest BCUT2D eigenvalue weighted by Gasteiger charge is -2.40. The standard InChI is InChI=1S/C16H31IO2Si/c1-10-18-14(4)15(12(2)11-13(3)17)19-20(8,9)16(5,6)7/h11-12,15H,4,10H2,1-3,5-9H3/b13-11-/t12-,15-/m0/s1. The predicted octanol–water partition coefficient (Wildman–Crippen LogP) is 5.90. The molecule has 0 radical (unpaired) electrons. The van der Waals surface area contributed by atoms with E-state index in [1.165, 1.54) is 3.58 Å². The van der Waals surface area contributed by atoms with Crippen LogP contribution in [0.15, 0.2) is 22.0 Å². The second kappa shape index (κ2) is 7.99. The highest BCUT2D eigenvalue weighted by atomic mass is 127. The minimum Gasteiger partial charge on any atom is -0.496 e. The lowest BCUT2D eigenvalue weighted by atomic mass is 10.0. The molecule has 0 aromatic heterocycles. The minimum atomic E-state index is -1.85. The highest BCUT2D eigenvalue weighted by Crippen LogP contribution is 2.39. The molecule has 0 N–H and O–H groups in total. The Labute approximate surface area is 140 Å². The van der Waals surface area contributed by atoms with E-state index < -0.39 is 8.32 Å². The zero-order chi connectivity index (χ0) is 16.1. The second-order valence-corrected chi connectivity index (χ2v) is 13.3. The van der Waals surface area contributed by atoms with Gasteiger partial charge in [-0.05, 0) is 58.2 Å². The van der Waals surface area contributed by atoms with Gasteiger partial charge in [-0.15, -0.1) is 0 Å². The average molecular weight is 410 g/mol. The lowest BCUT2D eigenvalue weighted by molar-refractivity contribution is 0.0932. The maximum atomic E-state index is 6.55. The largest absolute Gasteiger partial charge is 0.496 e. The van der Waals surface area contributed by atoms with Crippen molar-refractivity contribution in [2.45, 2.75) is 65.8 Å². The first-order valence-corrected chi connectivity index (χ1v) is 11.2. The van der Waals surface area contributed by atoms with Crippen LogP contribution < -0.4 is 0 Å². The van der Waals surface area contributed by atoms with Crippen LogP contribution in [0.25, 0.3) is 0 Å². The van der Waals surface area contributed by atoms with Gasteiger partial charge in [0.15, 0.2) is 8.32 Å². The quantitative estimate of drug-likeness (QED) is 0.295. The molecule has 0 aliphatic rings. The second-order valence-electron chi connectivity index (χ2n) is 6.81. The molecule has 2 nitrogen and oxygen atoms in total. The van der Waals surface area contributed by atoms with Crippen molar-refractivity contribution in [2.75, 3.05) is 6.61 Å². The van der Waals surface area contributed by atoms with E-state index >= 15 is 0 Å². The van der Waals surface area contributed by atoms with Crippen LogP contribution in [0.2, 0.25) is 18.1 Å². The van der Waals surface area contributed by atoms with Gasteiger partial charge in [-0.1, -0.05) is 40.3 Å². The Kier molecular flexibility index (Phi) is 8.06. The minimum absolute atomic E-state index is 0.0689. The van der Waals surface area contributed by atoms with E-state index in [4.69, 9.17) is 9.16 Å². The summed E-state index contributed by atoms with van der Waals surface area (Å²) in [6, 6.07) is 0. The van der Waals surface area contributed by atoms with Gasteiger partial charge in [0, 0.05) is 5.92 Å². The van der Waals surface area contributed by atoms with E-state index in [9.17, 15) is 0 Å². The van der Waals surface area contributed by atoms with Crippen LogP contribution in [-0.2, 0) is 9.16 Å². The summed E-state index contributed by atoms with van der Waals surface area (Å²) in [6.45, 7) is 22.3. The van der Waals surface area contributed by atoms with Gasteiger partial charge in [-0.3, -0.25) is 0 Å². The highest BCUT2D eigenvalue weighted by molar-refractivity contribution is 14.1. The molecule has 0 bridgehead atoms. The van der Waals surface area contributed by atoms with Crippen molar-refractivity contribution >= 4 is 30.9 Å². The van der Waals surface area contributed by atoms with E-state index in [1.54, 1.807) is 0 Å². The molecule has 2 atom stereocenters. The third kappa shape index (κ3) is 6.31. The molecule has 20 heavy (non-hydrogen) atoms. The van der Waals surface area contributed by atoms with Crippen LogP contribution in [0.5, 0.6) is 0 Å². The van der Waals surface area contributed by atoms with Crippen molar-refractivity contribution in [1.29, 1.82) is 0 Å². The summed E-state index contributed by atoms with van der Waals surface area (Å²) in [5.41, 5.74) is 0. The molecule has 118 valence electrons. The normalized spacial score (nSPS) is 16.8. The first kappa shape index (κ1) is 20.2. The molecule has 0 amide bonds. The van der Waals surface area contributed by atoms with Crippen LogP contribution in [0.1, 0.15) is 41.5 Å². The first-order chi connectivity index (χ1) is 8.92. The lowest BCUT2D eigenvalue weighted by Crippen LogP contribution is -2.46. The smallest absolute Gasteiger partial charge is 0.193 e. The molecule has 0 rings (SSSR count). The average Bonchev–Trinajstić information content (AvgIpc) is 2.23. The van der Waals surface area contributed by atoms with Crippen LogP contribution in [0, 0.1) is 5.92 Å². The maximum Gasteiger partial charge on any atom is 0.193 e. The molecule has 0 fully saturated rings. The maximum absolute atomic E-state index is 6.55. The van der Waals surface area contributed by atoms with Gasteiger partial charge in [0.2, 0.25) is 0 Å². The van der Waals surface area contributed by atoms with Crippen molar-refractivity contribution in [3.05, 3.63) is 22.0 Å². The van der Waals surface area contributed by atoms with Crippen LogP contribution in [-0.4, -0.2) is 21.0 Å². The number of allylic oxidation sites excluding steroid dienone is 1. The molecule has 0 unspecified atom stereocenters. The Balaban J connectivity index is 5.25. The molecule has 0 aliphatic carbocycles. The summed E-state index contributed by atoms with van der Waals surface area (Å²) in [7, 11) is -1.85. The van der Waals surface area contributed by atoms with E-state index in [1.807, 2.05) is 6.92 Å². The summed E-state index contributed by atoms with van der Waals surface area (Å²) in [6.07, 6.45) is 2.16. The fourth-order valence-electron chi connectivity index (χ4n) is 1.68. The van der Waals surface area contributed by atoms with Gasteiger partial charge in [0.1, 0.15) is 11.9 Å². The van der Waals surface area contributed by atoms with Gasteiger partial charge in [-0.2, -0.15) is 0 Å².